The molecule has 1 aromatic heterocycles. The number of carbonyl (C=O) groups excluding carboxylic acids is 1. The zero-order chi connectivity index (χ0) is 27.0. The van der Waals surface area contributed by atoms with E-state index in [1.54, 1.807) is 47.3 Å². The van der Waals surface area contributed by atoms with Crippen molar-refractivity contribution in [1.29, 1.82) is 5.26 Å². The fourth-order valence-electron chi connectivity index (χ4n) is 4.33. The van der Waals surface area contributed by atoms with Gasteiger partial charge in [-0.3, -0.25) is 4.79 Å². The van der Waals surface area contributed by atoms with E-state index in [2.05, 4.69) is 5.32 Å². The van der Waals surface area contributed by atoms with Gasteiger partial charge in [-0.15, -0.1) is 0 Å². The second-order valence-electron chi connectivity index (χ2n) is 9.13. The molecule has 4 aromatic rings. The summed E-state index contributed by atoms with van der Waals surface area (Å²) in [6, 6.07) is 25.3. The first-order chi connectivity index (χ1) is 19.1. The predicted octanol–water partition coefficient (Wildman–Crippen LogP) is 5.46. The molecule has 0 radical (unpaired) electrons. The molecule has 1 saturated heterocycles. The molecule has 2 heterocycles. The van der Waals surface area contributed by atoms with E-state index in [0.717, 1.165) is 24.1 Å². The monoisotopic (exact) mass is 522 g/mol. The number of halogens is 1. The second-order valence-corrected chi connectivity index (χ2v) is 9.13. The summed E-state index contributed by atoms with van der Waals surface area (Å²) in [5, 5.41) is 17.3. The Labute approximate surface area is 226 Å². The van der Waals surface area contributed by atoms with E-state index in [1.165, 1.54) is 6.07 Å². The topological polar surface area (TPSA) is 89.2 Å². The number of para-hydroxylation sites is 1. The molecule has 1 N–H and O–H groups in total. The van der Waals surface area contributed by atoms with E-state index in [9.17, 15) is 14.4 Å². The molecule has 0 unspecified atom stereocenters. The Morgan fingerprint density at radius 2 is 1.90 bits per heavy atom. The van der Waals surface area contributed by atoms with E-state index in [1.807, 2.05) is 48.5 Å². The van der Waals surface area contributed by atoms with Gasteiger partial charge in [-0.25, -0.2) is 9.07 Å². The Morgan fingerprint density at radius 1 is 1.13 bits per heavy atom. The summed E-state index contributed by atoms with van der Waals surface area (Å²) in [5.41, 5.74) is 3.27. The number of amides is 1. The van der Waals surface area contributed by atoms with Crippen LogP contribution in [0, 0.1) is 17.1 Å². The van der Waals surface area contributed by atoms with Gasteiger partial charge in [0.2, 0.25) is 0 Å². The highest BCUT2D eigenvalue weighted by molar-refractivity contribution is 6.02. The van der Waals surface area contributed by atoms with Crippen molar-refractivity contribution in [2.45, 2.75) is 25.6 Å². The maximum atomic E-state index is 13.9. The van der Waals surface area contributed by atoms with Crippen LogP contribution in [0.2, 0.25) is 0 Å². The van der Waals surface area contributed by atoms with Gasteiger partial charge in [0.05, 0.1) is 17.5 Å². The number of benzene rings is 3. The lowest BCUT2D eigenvalue weighted by Crippen LogP contribution is -2.32. The summed E-state index contributed by atoms with van der Waals surface area (Å²) >= 11 is 0. The third-order valence-electron chi connectivity index (χ3n) is 6.42. The molecule has 3 aromatic carbocycles. The summed E-state index contributed by atoms with van der Waals surface area (Å²) in [4.78, 5) is 12.8. The van der Waals surface area contributed by atoms with Gasteiger partial charge in [-0.1, -0.05) is 36.4 Å². The van der Waals surface area contributed by atoms with Crippen LogP contribution in [0.3, 0.4) is 0 Å². The molecular formula is C31H27FN4O3. The maximum Gasteiger partial charge on any atom is 0.262 e. The van der Waals surface area contributed by atoms with Crippen molar-refractivity contribution in [2.75, 3.05) is 13.2 Å². The Hall–Kier alpha value is -4.74. The number of hydrogen-bond acceptors (Lipinski definition) is 5. The van der Waals surface area contributed by atoms with Gasteiger partial charge in [0.1, 0.15) is 29.8 Å². The molecule has 1 atom stereocenters. The number of carbonyl (C=O) groups is 1. The van der Waals surface area contributed by atoms with Crippen molar-refractivity contribution < 1.29 is 18.7 Å². The highest BCUT2D eigenvalue weighted by atomic mass is 19.1. The minimum Gasteiger partial charge on any atom is -0.489 e. The lowest BCUT2D eigenvalue weighted by atomic mass is 10.1. The van der Waals surface area contributed by atoms with Crippen LogP contribution in [-0.4, -0.2) is 34.9 Å². The summed E-state index contributed by atoms with van der Waals surface area (Å²) < 4.78 is 27.0. The van der Waals surface area contributed by atoms with Crippen LogP contribution in [0.5, 0.6) is 5.75 Å². The molecule has 0 aliphatic carbocycles. The van der Waals surface area contributed by atoms with Crippen LogP contribution in [0.1, 0.15) is 24.0 Å². The SMILES string of the molecule is N#C/C(=C\c1cn(-c2ccccc2)nc1-c1ccc(OCc2ccccc2F)cc1)C(=O)NC[C@H]1CCCO1. The molecule has 0 spiro atoms. The Morgan fingerprint density at radius 3 is 2.62 bits per heavy atom. The van der Waals surface area contributed by atoms with Crippen LogP contribution < -0.4 is 10.1 Å². The van der Waals surface area contributed by atoms with Crippen molar-refractivity contribution in [3.63, 3.8) is 0 Å². The van der Waals surface area contributed by atoms with Crippen molar-refractivity contribution in [2.24, 2.45) is 0 Å². The molecule has 5 rings (SSSR count). The first-order valence-electron chi connectivity index (χ1n) is 12.7. The van der Waals surface area contributed by atoms with Crippen molar-refractivity contribution in [1.82, 2.24) is 15.1 Å². The molecule has 1 fully saturated rings. The van der Waals surface area contributed by atoms with Gasteiger partial charge in [0.15, 0.2) is 0 Å². The summed E-state index contributed by atoms with van der Waals surface area (Å²) in [7, 11) is 0. The van der Waals surface area contributed by atoms with Crippen LogP contribution in [-0.2, 0) is 16.1 Å². The third kappa shape index (κ3) is 6.40. The van der Waals surface area contributed by atoms with Crippen molar-refractivity contribution in [3.8, 4) is 28.8 Å². The Balaban J connectivity index is 1.40. The fourth-order valence-corrected chi connectivity index (χ4v) is 4.33. The number of nitrogens with one attached hydrogen (secondary N) is 1. The number of rotatable bonds is 9. The molecule has 0 saturated carbocycles. The molecule has 0 bridgehead atoms. The lowest BCUT2D eigenvalue weighted by molar-refractivity contribution is -0.117. The smallest absolute Gasteiger partial charge is 0.262 e. The first kappa shape index (κ1) is 25.9. The van der Waals surface area contributed by atoms with E-state index in [-0.39, 0.29) is 24.1 Å². The van der Waals surface area contributed by atoms with E-state index in [4.69, 9.17) is 14.6 Å². The average molecular weight is 523 g/mol. The molecule has 196 valence electrons. The number of nitrogens with zero attached hydrogens (tertiary/aromatic N) is 3. The van der Waals surface area contributed by atoms with E-state index in [0.29, 0.717) is 35.7 Å². The Bertz CT molecular complexity index is 1500. The zero-order valence-electron chi connectivity index (χ0n) is 21.2. The van der Waals surface area contributed by atoms with Gasteiger partial charge in [0, 0.05) is 36.0 Å². The Kier molecular flexibility index (Phi) is 8.10. The molecule has 39 heavy (non-hydrogen) atoms. The van der Waals surface area contributed by atoms with E-state index < -0.39 is 5.91 Å². The van der Waals surface area contributed by atoms with Gasteiger partial charge in [-0.05, 0) is 61.4 Å². The molecule has 7 nitrogen and oxygen atoms in total. The molecule has 8 heteroatoms. The van der Waals surface area contributed by atoms with Gasteiger partial charge < -0.3 is 14.8 Å². The highest BCUT2D eigenvalue weighted by Gasteiger charge is 2.19. The summed E-state index contributed by atoms with van der Waals surface area (Å²) in [6.45, 7) is 1.16. The molecule has 1 aliphatic heterocycles. The maximum absolute atomic E-state index is 13.9. The zero-order valence-corrected chi connectivity index (χ0v) is 21.2. The number of nitriles is 1. The molecule has 1 aliphatic rings. The van der Waals surface area contributed by atoms with Crippen LogP contribution in [0.4, 0.5) is 4.39 Å². The van der Waals surface area contributed by atoms with Crippen molar-refractivity contribution >= 4 is 12.0 Å². The summed E-state index contributed by atoms with van der Waals surface area (Å²) in [6.07, 6.45) is 5.17. The van der Waals surface area contributed by atoms with Crippen molar-refractivity contribution in [3.05, 3.63) is 108 Å². The number of hydrogen-bond donors (Lipinski definition) is 1. The number of aromatic nitrogens is 2. The van der Waals surface area contributed by atoms with Crippen LogP contribution in [0.25, 0.3) is 23.0 Å². The predicted molar refractivity (Wildman–Crippen MR) is 145 cm³/mol. The van der Waals surface area contributed by atoms with Gasteiger partial charge in [-0.2, -0.15) is 10.4 Å². The normalized spacial score (nSPS) is 15.1. The standard InChI is InChI=1S/C31H27FN4O3/c32-29-11-5-4-7-23(29)21-39-27-14-12-22(13-15-27)30-25(20-36(35-30)26-8-2-1-3-9-26)17-24(18-33)31(37)34-19-28-10-6-16-38-28/h1-5,7-9,11-15,17,20,28H,6,10,16,19,21H2,(H,34,37)/b24-17+/t28-/m1/s1. The van der Waals surface area contributed by atoms with Gasteiger partial charge >= 0.3 is 0 Å². The fraction of sp³-hybridized carbons (Fsp3) is 0.194. The van der Waals surface area contributed by atoms with Gasteiger partial charge in [0.25, 0.3) is 5.91 Å². The molecule has 1 amide bonds. The number of ether oxygens (including phenoxy) is 2. The largest absolute Gasteiger partial charge is 0.489 e. The quantitative estimate of drug-likeness (QED) is 0.233. The average Bonchev–Trinajstić information content (AvgIpc) is 3.65. The first-order valence-corrected chi connectivity index (χ1v) is 12.7. The van der Waals surface area contributed by atoms with E-state index >= 15 is 0 Å². The van der Waals surface area contributed by atoms with Crippen LogP contribution in [0.15, 0.2) is 90.6 Å². The van der Waals surface area contributed by atoms with Crippen LogP contribution >= 0.6 is 0 Å². The minimum absolute atomic E-state index is 0.0216. The highest BCUT2D eigenvalue weighted by Crippen LogP contribution is 2.28. The second kappa shape index (κ2) is 12.2. The minimum atomic E-state index is -0.455. The third-order valence-corrected chi connectivity index (χ3v) is 6.42. The summed E-state index contributed by atoms with van der Waals surface area (Å²) in [5.74, 6) is -0.193. The lowest BCUT2D eigenvalue weighted by Gasteiger charge is -2.10. The molecular weight excluding hydrogens is 495 g/mol.